The van der Waals surface area contributed by atoms with E-state index in [1.165, 1.54) is 0 Å². The first-order valence-electron chi connectivity index (χ1n) is 8.06. The normalized spacial score (nSPS) is 16.2. The summed E-state index contributed by atoms with van der Waals surface area (Å²) in [4.78, 5) is 10.9. The molecule has 0 aromatic carbocycles. The predicted molar refractivity (Wildman–Crippen MR) is 95.8 cm³/mol. The number of sulfonamides is 1. The van der Waals surface area contributed by atoms with Gasteiger partial charge < -0.3 is 4.90 Å². The number of hydrogen-bond donors (Lipinski definition) is 0. The minimum absolute atomic E-state index is 0.280. The molecule has 130 valence electrons. The number of aromatic nitrogens is 2. The van der Waals surface area contributed by atoms with Gasteiger partial charge in [-0.05, 0) is 31.9 Å². The van der Waals surface area contributed by atoms with Crippen molar-refractivity contribution in [3.05, 3.63) is 34.4 Å². The zero-order chi connectivity index (χ0) is 17.2. The second-order valence-corrected chi connectivity index (χ2v) is 8.88. The zero-order valence-corrected chi connectivity index (χ0v) is 15.6. The lowest BCUT2D eigenvalue weighted by Crippen LogP contribution is -2.36. The van der Waals surface area contributed by atoms with Gasteiger partial charge in [-0.1, -0.05) is 6.42 Å². The molecule has 1 aliphatic heterocycles. The van der Waals surface area contributed by atoms with Crippen LogP contribution in [0.1, 0.15) is 30.0 Å². The maximum atomic E-state index is 13.0. The highest BCUT2D eigenvalue weighted by Crippen LogP contribution is 2.28. The molecule has 1 aliphatic rings. The highest BCUT2D eigenvalue weighted by Gasteiger charge is 2.29. The summed E-state index contributed by atoms with van der Waals surface area (Å²) in [6.07, 6.45) is 4.56. The molecule has 0 aliphatic carbocycles. The van der Waals surface area contributed by atoms with Crippen molar-refractivity contribution in [1.82, 2.24) is 14.3 Å². The van der Waals surface area contributed by atoms with Gasteiger partial charge in [0.2, 0.25) is 10.0 Å². The topological polar surface area (TPSA) is 66.4 Å². The molecule has 0 spiro atoms. The smallest absolute Gasteiger partial charge is 0.246 e. The van der Waals surface area contributed by atoms with Gasteiger partial charge in [-0.3, -0.25) is 0 Å². The third-order valence-corrected chi connectivity index (χ3v) is 6.96. The Kier molecular flexibility index (Phi) is 5.17. The second kappa shape index (κ2) is 7.16. The molecule has 0 atom stereocenters. The van der Waals surface area contributed by atoms with Crippen LogP contribution in [-0.4, -0.2) is 42.8 Å². The third-order valence-electron chi connectivity index (χ3n) is 4.08. The molecule has 6 nitrogen and oxygen atoms in total. The number of rotatable bonds is 5. The minimum atomic E-state index is -3.51. The van der Waals surface area contributed by atoms with E-state index in [2.05, 4.69) is 9.97 Å². The van der Waals surface area contributed by atoms with Crippen LogP contribution in [-0.2, 0) is 16.6 Å². The Morgan fingerprint density at radius 3 is 2.71 bits per heavy atom. The van der Waals surface area contributed by atoms with Crippen LogP contribution in [0.5, 0.6) is 0 Å². The van der Waals surface area contributed by atoms with Gasteiger partial charge in [0.15, 0.2) is 0 Å². The Bertz CT molecular complexity index is 798. The maximum Gasteiger partial charge on any atom is 0.246 e. The molecule has 0 N–H and O–H groups in total. The van der Waals surface area contributed by atoms with Crippen LogP contribution in [0.3, 0.4) is 0 Å². The summed E-state index contributed by atoms with van der Waals surface area (Å²) in [5, 5.41) is 2.94. The Hall–Kier alpha value is -1.51. The number of piperidine rings is 1. The fourth-order valence-electron chi connectivity index (χ4n) is 2.87. The predicted octanol–water partition coefficient (Wildman–Crippen LogP) is 2.66. The number of hydrogen-bond acceptors (Lipinski definition) is 6. The monoisotopic (exact) mass is 366 g/mol. The molecule has 0 bridgehead atoms. The molecule has 1 saturated heterocycles. The van der Waals surface area contributed by atoms with Gasteiger partial charge in [0.25, 0.3) is 0 Å². The largest absolute Gasteiger partial charge is 0.352 e. The maximum absolute atomic E-state index is 13.0. The lowest BCUT2D eigenvalue weighted by atomic mass is 10.2. The first-order valence-corrected chi connectivity index (χ1v) is 10.4. The molecule has 3 rings (SSSR count). The summed E-state index contributed by atoms with van der Waals surface area (Å²) < 4.78 is 27.6. The highest BCUT2D eigenvalue weighted by molar-refractivity contribution is 7.89. The van der Waals surface area contributed by atoms with E-state index in [4.69, 9.17) is 0 Å². The van der Waals surface area contributed by atoms with Gasteiger partial charge in [0, 0.05) is 37.4 Å². The van der Waals surface area contributed by atoms with Gasteiger partial charge in [-0.2, -0.15) is 4.31 Å². The highest BCUT2D eigenvalue weighted by atomic mass is 32.2. The van der Waals surface area contributed by atoms with E-state index >= 15 is 0 Å². The van der Waals surface area contributed by atoms with Gasteiger partial charge in [0.05, 0.1) is 6.54 Å². The average molecular weight is 367 g/mol. The number of thiazole rings is 1. The van der Waals surface area contributed by atoms with Gasteiger partial charge in [-0.25, -0.2) is 18.4 Å². The first kappa shape index (κ1) is 17.3. The average Bonchev–Trinajstić information content (AvgIpc) is 3.00. The molecule has 3 heterocycles. The fourth-order valence-corrected chi connectivity index (χ4v) is 5.40. The van der Waals surface area contributed by atoms with E-state index in [-0.39, 0.29) is 4.90 Å². The van der Waals surface area contributed by atoms with Crippen molar-refractivity contribution >= 4 is 27.2 Å². The van der Waals surface area contributed by atoms with Crippen LogP contribution in [0.15, 0.2) is 28.6 Å². The van der Waals surface area contributed by atoms with Crippen molar-refractivity contribution in [2.75, 3.05) is 25.0 Å². The van der Waals surface area contributed by atoms with Crippen LogP contribution >= 0.6 is 11.3 Å². The Morgan fingerprint density at radius 2 is 2.04 bits per heavy atom. The lowest BCUT2D eigenvalue weighted by molar-refractivity contribution is 0.346. The van der Waals surface area contributed by atoms with Crippen LogP contribution in [0.2, 0.25) is 0 Å². The van der Waals surface area contributed by atoms with E-state index in [0.29, 0.717) is 25.5 Å². The molecule has 2 aromatic rings. The van der Waals surface area contributed by atoms with Gasteiger partial charge in [0.1, 0.15) is 15.7 Å². The summed E-state index contributed by atoms with van der Waals surface area (Å²) in [7, 11) is -1.66. The molecule has 24 heavy (non-hydrogen) atoms. The molecule has 8 heteroatoms. The first-order chi connectivity index (χ1) is 11.5. The van der Waals surface area contributed by atoms with Crippen LogP contribution in [0.25, 0.3) is 0 Å². The van der Waals surface area contributed by atoms with E-state index in [1.807, 2.05) is 24.3 Å². The van der Waals surface area contributed by atoms with Crippen LogP contribution in [0.4, 0.5) is 5.82 Å². The van der Waals surface area contributed by atoms with Gasteiger partial charge in [-0.15, -0.1) is 11.3 Å². The zero-order valence-electron chi connectivity index (χ0n) is 14.0. The summed E-state index contributed by atoms with van der Waals surface area (Å²) >= 11 is 1.57. The molecule has 0 saturated carbocycles. The molecular formula is C16H22N4O2S2. The molecule has 0 amide bonds. The number of nitrogens with zero attached hydrogens (tertiary/aromatic N) is 4. The Balaban J connectivity index is 1.89. The van der Waals surface area contributed by atoms with Crippen LogP contribution < -0.4 is 4.90 Å². The lowest BCUT2D eigenvalue weighted by Gasteiger charge is -2.28. The van der Waals surface area contributed by atoms with Crippen molar-refractivity contribution in [3.8, 4) is 0 Å². The van der Waals surface area contributed by atoms with Crippen molar-refractivity contribution in [1.29, 1.82) is 0 Å². The Morgan fingerprint density at radius 1 is 1.29 bits per heavy atom. The quantitative estimate of drug-likeness (QED) is 0.814. The standard InChI is InChI=1S/C16H22N4O2S2/c1-13-12-23-15(18-13)11-19(2)16-14(7-6-8-17-16)24(21,22)20-9-4-3-5-10-20/h6-8,12H,3-5,9-11H2,1-2H3. The summed E-state index contributed by atoms with van der Waals surface area (Å²) in [6, 6.07) is 3.33. The Labute approximate surface area is 147 Å². The van der Waals surface area contributed by atoms with E-state index < -0.39 is 10.0 Å². The molecule has 0 radical (unpaired) electrons. The molecule has 0 unspecified atom stereocenters. The molecule has 2 aromatic heterocycles. The molecular weight excluding hydrogens is 344 g/mol. The van der Waals surface area contributed by atoms with Crippen LogP contribution in [0, 0.1) is 6.92 Å². The summed E-state index contributed by atoms with van der Waals surface area (Å²) in [5.41, 5.74) is 0.977. The summed E-state index contributed by atoms with van der Waals surface area (Å²) in [5.74, 6) is 0.482. The minimum Gasteiger partial charge on any atom is -0.352 e. The van der Waals surface area contributed by atoms with E-state index in [1.54, 1.807) is 34.0 Å². The fraction of sp³-hybridized carbons (Fsp3) is 0.500. The third kappa shape index (κ3) is 3.60. The second-order valence-electron chi connectivity index (χ2n) is 6.03. The van der Waals surface area contributed by atoms with Crippen molar-refractivity contribution < 1.29 is 8.42 Å². The molecule has 1 fully saturated rings. The van der Waals surface area contributed by atoms with E-state index in [9.17, 15) is 8.42 Å². The number of anilines is 1. The van der Waals surface area contributed by atoms with Crippen molar-refractivity contribution in [2.45, 2.75) is 37.6 Å². The SMILES string of the molecule is Cc1csc(CN(C)c2ncccc2S(=O)(=O)N2CCCCC2)n1. The van der Waals surface area contributed by atoms with Crippen molar-refractivity contribution in [2.24, 2.45) is 0 Å². The van der Waals surface area contributed by atoms with Gasteiger partial charge >= 0.3 is 0 Å². The number of aryl methyl sites for hydroxylation is 1. The summed E-state index contributed by atoms with van der Waals surface area (Å²) in [6.45, 7) is 3.67. The number of pyridine rings is 1. The van der Waals surface area contributed by atoms with E-state index in [0.717, 1.165) is 30.0 Å². The van der Waals surface area contributed by atoms with Crippen molar-refractivity contribution in [3.63, 3.8) is 0 Å².